The van der Waals surface area contributed by atoms with E-state index in [0.717, 1.165) is 40.9 Å². The highest BCUT2D eigenvalue weighted by Gasteiger charge is 2.30. The number of amides is 1. The maximum atomic E-state index is 13.7. The van der Waals surface area contributed by atoms with Gasteiger partial charge in [-0.1, -0.05) is 30.3 Å². The Kier molecular flexibility index (Phi) is 9.31. The van der Waals surface area contributed by atoms with Gasteiger partial charge in [-0.25, -0.2) is 4.39 Å². The van der Waals surface area contributed by atoms with Crippen molar-refractivity contribution >= 4 is 17.7 Å². The molecule has 6 nitrogen and oxygen atoms in total. The minimum atomic E-state index is -4.41. The molecule has 2 aromatic heterocycles. The quantitative estimate of drug-likeness (QED) is 0.180. The van der Waals surface area contributed by atoms with Crippen molar-refractivity contribution in [3.8, 4) is 11.3 Å². The van der Waals surface area contributed by atoms with Crippen LogP contribution in [-0.4, -0.2) is 33.4 Å². The predicted molar refractivity (Wildman–Crippen MR) is 158 cm³/mol. The lowest BCUT2D eigenvalue weighted by Crippen LogP contribution is -2.38. The molecule has 1 aliphatic carbocycles. The average molecular weight is 611 g/mol. The van der Waals surface area contributed by atoms with Gasteiger partial charge in [-0.2, -0.15) is 13.2 Å². The molecule has 4 aromatic rings. The van der Waals surface area contributed by atoms with E-state index in [0.29, 0.717) is 41.4 Å². The van der Waals surface area contributed by atoms with Crippen LogP contribution < -0.4 is 11.2 Å². The topological polar surface area (TPSA) is 81.2 Å². The van der Waals surface area contributed by atoms with E-state index in [1.807, 2.05) is 4.57 Å². The molecule has 0 radical (unpaired) electrons. The van der Waals surface area contributed by atoms with E-state index in [2.05, 4.69) is 4.98 Å². The number of rotatable bonds is 10. The van der Waals surface area contributed by atoms with Crippen molar-refractivity contribution in [2.24, 2.45) is 5.73 Å². The van der Waals surface area contributed by atoms with Crippen LogP contribution >= 0.6 is 11.8 Å². The van der Waals surface area contributed by atoms with Crippen LogP contribution in [0.2, 0.25) is 0 Å². The molecule has 2 aromatic carbocycles. The van der Waals surface area contributed by atoms with Crippen LogP contribution in [0.25, 0.3) is 11.3 Å². The van der Waals surface area contributed by atoms with Crippen molar-refractivity contribution < 1.29 is 22.4 Å². The Bertz CT molecular complexity index is 1640. The van der Waals surface area contributed by atoms with E-state index < -0.39 is 11.7 Å². The highest BCUT2D eigenvalue weighted by atomic mass is 32.2. The SMILES string of the molecule is NCCN(Cc1ccc(-c2ccc(C(F)(F)F)cc2)nc1)C(=O)Cn1c(SCc2ccc(F)cc2)cc(=O)c2c1CCC2. The number of thioether (sulfide) groups is 1. The van der Waals surface area contributed by atoms with E-state index in [4.69, 9.17) is 5.73 Å². The van der Waals surface area contributed by atoms with Crippen LogP contribution in [0, 0.1) is 5.82 Å². The van der Waals surface area contributed by atoms with Gasteiger partial charge in [0, 0.05) is 54.5 Å². The minimum absolute atomic E-state index is 0.0316. The predicted octanol–water partition coefficient (Wildman–Crippen LogP) is 5.84. The van der Waals surface area contributed by atoms with Gasteiger partial charge in [0.2, 0.25) is 5.91 Å². The van der Waals surface area contributed by atoms with Gasteiger partial charge >= 0.3 is 6.18 Å². The maximum absolute atomic E-state index is 13.7. The van der Waals surface area contributed by atoms with Crippen LogP contribution in [0.4, 0.5) is 17.6 Å². The van der Waals surface area contributed by atoms with E-state index in [9.17, 15) is 27.2 Å². The van der Waals surface area contributed by atoms with Gasteiger partial charge in [-0.05, 0) is 60.7 Å². The number of aromatic nitrogens is 2. The summed E-state index contributed by atoms with van der Waals surface area (Å²) in [5.74, 6) is 0.0211. The summed E-state index contributed by atoms with van der Waals surface area (Å²) in [6.07, 6.45) is -0.588. The summed E-state index contributed by atoms with van der Waals surface area (Å²) in [5.41, 5.74) is 9.41. The van der Waals surface area contributed by atoms with Gasteiger partial charge in [0.05, 0.1) is 16.3 Å². The van der Waals surface area contributed by atoms with Gasteiger partial charge in [-0.3, -0.25) is 14.6 Å². The summed E-state index contributed by atoms with van der Waals surface area (Å²) in [4.78, 5) is 32.6. The first-order chi connectivity index (χ1) is 20.6. The summed E-state index contributed by atoms with van der Waals surface area (Å²) in [6.45, 7) is 0.833. The van der Waals surface area contributed by atoms with E-state index in [-0.39, 0.29) is 36.8 Å². The smallest absolute Gasteiger partial charge is 0.335 e. The minimum Gasteiger partial charge on any atom is -0.335 e. The lowest BCUT2D eigenvalue weighted by Gasteiger charge is -2.25. The zero-order valence-corrected chi connectivity index (χ0v) is 24.1. The van der Waals surface area contributed by atoms with Crippen molar-refractivity contribution in [3.63, 3.8) is 0 Å². The van der Waals surface area contributed by atoms with Gasteiger partial charge < -0.3 is 15.2 Å². The van der Waals surface area contributed by atoms with Crippen molar-refractivity contribution in [3.05, 3.63) is 117 Å². The van der Waals surface area contributed by atoms with Crippen molar-refractivity contribution in [1.82, 2.24) is 14.5 Å². The summed E-state index contributed by atoms with van der Waals surface area (Å²) in [6, 6.07) is 16.1. The number of halogens is 4. The van der Waals surface area contributed by atoms with Crippen molar-refractivity contribution in [2.75, 3.05) is 13.1 Å². The van der Waals surface area contributed by atoms with E-state index in [1.165, 1.54) is 36.0 Å². The first kappa shape index (κ1) is 30.5. The molecule has 2 N–H and O–H groups in total. The normalized spacial score (nSPS) is 12.8. The molecule has 1 aliphatic rings. The number of benzene rings is 2. The third-order valence-electron chi connectivity index (χ3n) is 7.38. The molecule has 11 heteroatoms. The van der Waals surface area contributed by atoms with Crippen molar-refractivity contribution in [2.45, 2.75) is 49.3 Å². The molecule has 0 spiro atoms. The number of pyridine rings is 2. The highest BCUT2D eigenvalue weighted by molar-refractivity contribution is 7.98. The summed E-state index contributed by atoms with van der Waals surface area (Å²) in [7, 11) is 0. The molecule has 224 valence electrons. The zero-order valence-electron chi connectivity index (χ0n) is 23.2. The Morgan fingerprint density at radius 1 is 1.00 bits per heavy atom. The molecule has 5 rings (SSSR count). The molecule has 2 heterocycles. The number of carbonyl (C=O) groups is 1. The maximum Gasteiger partial charge on any atom is 0.416 e. The van der Waals surface area contributed by atoms with Gasteiger partial charge in [0.1, 0.15) is 12.4 Å². The number of nitrogens with zero attached hydrogens (tertiary/aromatic N) is 3. The number of hydrogen-bond acceptors (Lipinski definition) is 5. The Labute approximate surface area is 250 Å². The number of alkyl halides is 3. The fourth-order valence-electron chi connectivity index (χ4n) is 5.15. The fraction of sp³-hybridized carbons (Fsp3) is 0.281. The Morgan fingerprint density at radius 3 is 2.37 bits per heavy atom. The average Bonchev–Trinajstić information content (AvgIpc) is 3.49. The standard InChI is InChI=1S/C32H30F4N4O2S/c33-25-11-4-21(5-12-25)20-43-31-16-29(41)26-2-1-3-28(26)40(31)19-30(42)39(15-14-37)18-22-6-13-27(38-17-22)23-7-9-24(10-8-23)32(34,35)36/h4-13,16-17H,1-3,14-15,18-20,37H2. The molecule has 43 heavy (non-hydrogen) atoms. The summed E-state index contributed by atoms with van der Waals surface area (Å²) in [5, 5.41) is 0.679. The lowest BCUT2D eigenvalue weighted by atomic mass is 10.1. The second kappa shape index (κ2) is 13.1. The van der Waals surface area contributed by atoms with Crippen LogP contribution in [-0.2, 0) is 42.7 Å². The number of nitrogens with two attached hydrogens (primary N) is 1. The van der Waals surface area contributed by atoms with Gasteiger partial charge in [0.15, 0.2) is 5.43 Å². The van der Waals surface area contributed by atoms with Crippen LogP contribution in [0.3, 0.4) is 0 Å². The second-order valence-electron chi connectivity index (χ2n) is 10.4. The molecular weight excluding hydrogens is 580 g/mol. The van der Waals surface area contributed by atoms with Crippen molar-refractivity contribution in [1.29, 1.82) is 0 Å². The summed E-state index contributed by atoms with van der Waals surface area (Å²) < 4.78 is 54.0. The molecular formula is C32H30F4N4O2S. The summed E-state index contributed by atoms with van der Waals surface area (Å²) >= 11 is 1.43. The van der Waals surface area contributed by atoms with E-state index in [1.54, 1.807) is 41.4 Å². The Balaban J connectivity index is 1.33. The Morgan fingerprint density at radius 2 is 1.72 bits per heavy atom. The van der Waals surface area contributed by atoms with Gasteiger partial charge in [-0.15, -0.1) is 11.8 Å². The molecule has 0 atom stereocenters. The first-order valence-corrected chi connectivity index (χ1v) is 14.8. The second-order valence-corrected chi connectivity index (χ2v) is 11.4. The van der Waals surface area contributed by atoms with Crippen LogP contribution in [0.15, 0.2) is 82.7 Å². The first-order valence-electron chi connectivity index (χ1n) is 13.9. The molecule has 0 saturated heterocycles. The molecule has 0 aliphatic heterocycles. The number of hydrogen-bond donors (Lipinski definition) is 1. The Hall–Kier alpha value is -3.96. The zero-order chi connectivity index (χ0) is 30.6. The van der Waals surface area contributed by atoms with Gasteiger partial charge in [0.25, 0.3) is 0 Å². The molecule has 1 amide bonds. The highest BCUT2D eigenvalue weighted by Crippen LogP contribution is 2.31. The molecule has 0 fully saturated rings. The molecule has 0 unspecified atom stereocenters. The van der Waals surface area contributed by atoms with E-state index >= 15 is 0 Å². The third-order valence-corrected chi connectivity index (χ3v) is 8.50. The lowest BCUT2D eigenvalue weighted by molar-refractivity contribution is -0.137. The fourth-order valence-corrected chi connectivity index (χ4v) is 6.18. The number of carbonyl (C=O) groups excluding carboxylic acids is 1. The number of fused-ring (bicyclic) bond motifs is 1. The monoisotopic (exact) mass is 610 g/mol. The largest absolute Gasteiger partial charge is 0.416 e. The van der Waals surface area contributed by atoms with Crippen LogP contribution in [0.5, 0.6) is 0 Å². The molecule has 0 saturated carbocycles. The van der Waals surface area contributed by atoms with Crippen LogP contribution in [0.1, 0.15) is 34.4 Å². The third kappa shape index (κ3) is 7.34. The molecule has 0 bridgehead atoms.